The summed E-state index contributed by atoms with van der Waals surface area (Å²) < 4.78 is 5.89. The van der Waals surface area contributed by atoms with Crippen molar-refractivity contribution in [3.05, 3.63) is 65.2 Å². The van der Waals surface area contributed by atoms with E-state index in [1.807, 2.05) is 31.2 Å². The van der Waals surface area contributed by atoms with Gasteiger partial charge in [-0.1, -0.05) is 36.4 Å². The Morgan fingerprint density at radius 1 is 1.20 bits per heavy atom. The standard InChI is InChI=1S/C17H17NOS/c1-13-7-8-14(10-18)9-17(13)19-11-16(12-20)15-5-3-2-4-6-15/h2-9,16,20H,11-12H2,1H3. The summed E-state index contributed by atoms with van der Waals surface area (Å²) in [4.78, 5) is 0. The quantitative estimate of drug-likeness (QED) is 0.843. The summed E-state index contributed by atoms with van der Waals surface area (Å²) in [6.07, 6.45) is 0. The van der Waals surface area contributed by atoms with Crippen LogP contribution < -0.4 is 4.74 Å². The predicted octanol–water partition coefficient (Wildman–Crippen LogP) is 3.96. The van der Waals surface area contributed by atoms with E-state index in [-0.39, 0.29) is 5.92 Å². The summed E-state index contributed by atoms with van der Waals surface area (Å²) in [6, 6.07) is 17.8. The molecule has 1 atom stereocenters. The minimum Gasteiger partial charge on any atom is -0.493 e. The lowest BCUT2D eigenvalue weighted by molar-refractivity contribution is 0.296. The van der Waals surface area contributed by atoms with Gasteiger partial charge in [-0.25, -0.2) is 0 Å². The first kappa shape index (κ1) is 14.5. The zero-order valence-corrected chi connectivity index (χ0v) is 12.3. The zero-order chi connectivity index (χ0) is 14.4. The van der Waals surface area contributed by atoms with Crippen molar-refractivity contribution >= 4 is 12.6 Å². The van der Waals surface area contributed by atoms with Crippen molar-refractivity contribution in [1.82, 2.24) is 0 Å². The number of hydrogen-bond acceptors (Lipinski definition) is 3. The van der Waals surface area contributed by atoms with Gasteiger partial charge >= 0.3 is 0 Å². The third-order valence-electron chi connectivity index (χ3n) is 3.25. The van der Waals surface area contributed by atoms with Crippen LogP contribution >= 0.6 is 12.6 Å². The van der Waals surface area contributed by atoms with Crippen LogP contribution in [0.4, 0.5) is 0 Å². The molecule has 2 rings (SSSR count). The van der Waals surface area contributed by atoms with E-state index in [0.717, 1.165) is 17.1 Å². The second-order valence-corrected chi connectivity index (χ2v) is 5.06. The summed E-state index contributed by atoms with van der Waals surface area (Å²) in [6.45, 7) is 2.54. The van der Waals surface area contributed by atoms with Gasteiger partial charge in [-0.2, -0.15) is 17.9 Å². The largest absolute Gasteiger partial charge is 0.493 e. The molecule has 0 spiro atoms. The van der Waals surface area contributed by atoms with E-state index in [0.29, 0.717) is 12.2 Å². The van der Waals surface area contributed by atoms with Gasteiger partial charge in [-0.05, 0) is 30.2 Å². The highest BCUT2D eigenvalue weighted by Gasteiger charge is 2.11. The van der Waals surface area contributed by atoms with E-state index in [2.05, 4.69) is 30.8 Å². The topological polar surface area (TPSA) is 33.0 Å². The maximum Gasteiger partial charge on any atom is 0.123 e. The summed E-state index contributed by atoms with van der Waals surface area (Å²) in [5.74, 6) is 1.73. The highest BCUT2D eigenvalue weighted by atomic mass is 32.1. The lowest BCUT2D eigenvalue weighted by Crippen LogP contribution is -2.12. The van der Waals surface area contributed by atoms with Crippen LogP contribution in [0.5, 0.6) is 5.75 Å². The van der Waals surface area contributed by atoms with Crippen molar-refractivity contribution < 1.29 is 4.74 Å². The Balaban J connectivity index is 2.09. The number of thiol groups is 1. The van der Waals surface area contributed by atoms with Crippen LogP contribution in [0.3, 0.4) is 0 Å². The molecule has 0 aromatic heterocycles. The van der Waals surface area contributed by atoms with Crippen LogP contribution in [0.2, 0.25) is 0 Å². The van der Waals surface area contributed by atoms with Crippen molar-refractivity contribution in [2.45, 2.75) is 12.8 Å². The molecule has 0 heterocycles. The third kappa shape index (κ3) is 3.55. The molecule has 2 aromatic carbocycles. The summed E-state index contributed by atoms with van der Waals surface area (Å²) in [7, 11) is 0. The van der Waals surface area contributed by atoms with E-state index >= 15 is 0 Å². The first-order chi connectivity index (χ1) is 9.74. The van der Waals surface area contributed by atoms with Gasteiger partial charge in [0.25, 0.3) is 0 Å². The van der Waals surface area contributed by atoms with Crippen LogP contribution in [0.1, 0.15) is 22.6 Å². The Kier molecular flexibility index (Phi) is 5.09. The van der Waals surface area contributed by atoms with Gasteiger partial charge < -0.3 is 4.74 Å². The molecule has 3 heteroatoms. The fourth-order valence-corrected chi connectivity index (χ4v) is 2.31. The molecule has 0 saturated heterocycles. The van der Waals surface area contributed by atoms with E-state index in [1.54, 1.807) is 12.1 Å². The Bertz CT molecular complexity index is 604. The van der Waals surface area contributed by atoms with E-state index in [9.17, 15) is 0 Å². The molecule has 0 bridgehead atoms. The molecule has 102 valence electrons. The Morgan fingerprint density at radius 2 is 1.95 bits per heavy atom. The molecule has 0 N–H and O–H groups in total. The SMILES string of the molecule is Cc1ccc(C#N)cc1OCC(CS)c1ccccc1. The minimum atomic E-state index is 0.240. The molecule has 0 aliphatic rings. The number of nitriles is 1. The zero-order valence-electron chi connectivity index (χ0n) is 11.4. The molecular weight excluding hydrogens is 266 g/mol. The number of rotatable bonds is 5. The number of benzene rings is 2. The Morgan fingerprint density at radius 3 is 2.60 bits per heavy atom. The second-order valence-electron chi connectivity index (χ2n) is 4.69. The van der Waals surface area contributed by atoms with Crippen LogP contribution in [0.15, 0.2) is 48.5 Å². The number of hydrogen-bond donors (Lipinski definition) is 1. The van der Waals surface area contributed by atoms with Gasteiger partial charge in [0.15, 0.2) is 0 Å². The monoisotopic (exact) mass is 283 g/mol. The molecular formula is C17H17NOS. The van der Waals surface area contributed by atoms with Gasteiger partial charge in [-0.15, -0.1) is 0 Å². The number of aryl methyl sites for hydroxylation is 1. The number of ether oxygens (including phenoxy) is 1. The smallest absolute Gasteiger partial charge is 0.123 e. The van der Waals surface area contributed by atoms with Gasteiger partial charge in [0.05, 0.1) is 18.2 Å². The van der Waals surface area contributed by atoms with Crippen LogP contribution in [0.25, 0.3) is 0 Å². The molecule has 0 aliphatic carbocycles. The van der Waals surface area contributed by atoms with E-state index < -0.39 is 0 Å². The maximum absolute atomic E-state index is 8.94. The van der Waals surface area contributed by atoms with Crippen LogP contribution in [-0.2, 0) is 0 Å². The first-order valence-corrected chi connectivity index (χ1v) is 7.17. The molecule has 0 radical (unpaired) electrons. The molecule has 0 saturated carbocycles. The van der Waals surface area contributed by atoms with Crippen molar-refractivity contribution in [1.29, 1.82) is 5.26 Å². The lowest BCUT2D eigenvalue weighted by Gasteiger charge is -2.17. The average Bonchev–Trinajstić information content (AvgIpc) is 2.50. The van der Waals surface area contributed by atoms with Crippen molar-refractivity contribution in [3.8, 4) is 11.8 Å². The second kappa shape index (κ2) is 7.02. The van der Waals surface area contributed by atoms with E-state index in [1.165, 1.54) is 5.56 Å². The maximum atomic E-state index is 8.94. The number of nitrogens with zero attached hydrogens (tertiary/aromatic N) is 1. The first-order valence-electron chi connectivity index (χ1n) is 6.54. The molecule has 2 nitrogen and oxygen atoms in total. The molecule has 0 fully saturated rings. The lowest BCUT2D eigenvalue weighted by atomic mass is 10.0. The highest BCUT2D eigenvalue weighted by Crippen LogP contribution is 2.23. The molecule has 2 aromatic rings. The molecule has 0 aliphatic heterocycles. The molecule has 0 amide bonds. The summed E-state index contributed by atoms with van der Waals surface area (Å²) in [5, 5.41) is 8.94. The fourth-order valence-electron chi connectivity index (χ4n) is 2.00. The van der Waals surface area contributed by atoms with Gasteiger partial charge in [0.2, 0.25) is 0 Å². The Labute approximate surface area is 125 Å². The summed E-state index contributed by atoms with van der Waals surface area (Å²) >= 11 is 4.41. The minimum absolute atomic E-state index is 0.240. The van der Waals surface area contributed by atoms with Gasteiger partial charge in [0.1, 0.15) is 5.75 Å². The molecule has 1 unspecified atom stereocenters. The van der Waals surface area contributed by atoms with Crippen molar-refractivity contribution in [2.75, 3.05) is 12.4 Å². The Hall–Kier alpha value is -1.92. The van der Waals surface area contributed by atoms with Crippen LogP contribution in [-0.4, -0.2) is 12.4 Å². The molecule has 20 heavy (non-hydrogen) atoms. The van der Waals surface area contributed by atoms with Crippen LogP contribution in [0, 0.1) is 18.3 Å². The highest BCUT2D eigenvalue weighted by molar-refractivity contribution is 7.80. The van der Waals surface area contributed by atoms with Crippen molar-refractivity contribution in [2.24, 2.45) is 0 Å². The van der Waals surface area contributed by atoms with Crippen molar-refractivity contribution in [3.63, 3.8) is 0 Å². The normalized spacial score (nSPS) is 11.7. The van der Waals surface area contributed by atoms with Gasteiger partial charge in [-0.3, -0.25) is 0 Å². The average molecular weight is 283 g/mol. The third-order valence-corrected chi connectivity index (χ3v) is 3.69. The summed E-state index contributed by atoms with van der Waals surface area (Å²) in [5.41, 5.74) is 2.87. The van der Waals surface area contributed by atoms with Gasteiger partial charge in [0, 0.05) is 11.7 Å². The van der Waals surface area contributed by atoms with E-state index in [4.69, 9.17) is 10.00 Å². The fraction of sp³-hybridized carbons (Fsp3) is 0.235. The predicted molar refractivity (Wildman–Crippen MR) is 84.4 cm³/mol.